The maximum atomic E-state index is 12.2. The van der Waals surface area contributed by atoms with Crippen LogP contribution in [-0.4, -0.2) is 41.5 Å². The number of benzene rings is 1. The Hall–Kier alpha value is -3.10. The second kappa shape index (κ2) is 10.1. The Morgan fingerprint density at radius 2 is 1.87 bits per heavy atom. The molecule has 1 aromatic rings. The van der Waals surface area contributed by atoms with Crippen molar-refractivity contribution in [2.75, 3.05) is 18.5 Å². The molecule has 0 spiro atoms. The van der Waals surface area contributed by atoms with Gasteiger partial charge in [0.1, 0.15) is 5.78 Å². The molecule has 9 heteroatoms. The van der Waals surface area contributed by atoms with Gasteiger partial charge in [0.05, 0.1) is 6.42 Å². The Kier molecular flexibility index (Phi) is 7.79. The smallest absolute Gasteiger partial charge is 0.306 e. The van der Waals surface area contributed by atoms with Gasteiger partial charge in [-0.05, 0) is 30.2 Å². The number of anilines is 1. The van der Waals surface area contributed by atoms with E-state index in [1.807, 2.05) is 0 Å². The van der Waals surface area contributed by atoms with E-state index in [-0.39, 0.29) is 42.9 Å². The molecule has 1 N–H and O–H groups in total. The predicted molar refractivity (Wildman–Crippen MR) is 107 cm³/mol. The third-order valence-electron chi connectivity index (χ3n) is 5.29. The largest absolute Gasteiger partial charge is 0.457 e. The van der Waals surface area contributed by atoms with Gasteiger partial charge in [0.15, 0.2) is 12.4 Å². The lowest BCUT2D eigenvalue weighted by molar-refractivity contribution is -0.490. The summed E-state index contributed by atoms with van der Waals surface area (Å²) in [7, 11) is 0. The lowest BCUT2D eigenvalue weighted by Gasteiger charge is -2.17. The summed E-state index contributed by atoms with van der Waals surface area (Å²) in [6.45, 7) is 4.42. The number of ether oxygens (including phenoxy) is 1. The van der Waals surface area contributed by atoms with Crippen molar-refractivity contribution in [1.82, 2.24) is 0 Å². The molecule has 0 unspecified atom stereocenters. The van der Waals surface area contributed by atoms with Crippen LogP contribution in [0, 0.1) is 33.8 Å². The number of carbonyl (C=O) groups is 4. The van der Waals surface area contributed by atoms with Crippen molar-refractivity contribution in [3.63, 3.8) is 0 Å². The molecule has 1 aromatic carbocycles. The quantitative estimate of drug-likeness (QED) is 0.282. The van der Waals surface area contributed by atoms with Crippen molar-refractivity contribution in [2.24, 2.45) is 23.7 Å². The summed E-state index contributed by atoms with van der Waals surface area (Å²) >= 11 is 0. The van der Waals surface area contributed by atoms with Crippen molar-refractivity contribution >= 4 is 29.1 Å². The van der Waals surface area contributed by atoms with Crippen LogP contribution >= 0.6 is 0 Å². The molecule has 1 aliphatic carbocycles. The molecule has 1 amide bonds. The van der Waals surface area contributed by atoms with E-state index < -0.39 is 35.1 Å². The van der Waals surface area contributed by atoms with Crippen molar-refractivity contribution in [3.8, 4) is 0 Å². The Balaban J connectivity index is 1.88. The minimum absolute atomic E-state index is 0.144. The van der Waals surface area contributed by atoms with Crippen LogP contribution < -0.4 is 5.32 Å². The predicted octanol–water partition coefficient (Wildman–Crippen LogP) is 2.52. The summed E-state index contributed by atoms with van der Waals surface area (Å²) in [4.78, 5) is 58.5. The van der Waals surface area contributed by atoms with Gasteiger partial charge in [-0.3, -0.25) is 29.3 Å². The number of hydrogen-bond donors (Lipinski definition) is 1. The Morgan fingerprint density at radius 3 is 2.43 bits per heavy atom. The Labute approximate surface area is 174 Å². The van der Waals surface area contributed by atoms with Crippen molar-refractivity contribution in [1.29, 1.82) is 0 Å². The highest BCUT2D eigenvalue weighted by molar-refractivity contribution is 5.99. The number of carbonyl (C=O) groups excluding carboxylic acids is 4. The molecule has 2 rings (SSSR count). The summed E-state index contributed by atoms with van der Waals surface area (Å²) < 4.78 is 5.00. The van der Waals surface area contributed by atoms with Gasteiger partial charge in [0.2, 0.25) is 12.5 Å². The number of rotatable bonds is 9. The molecule has 9 nitrogen and oxygen atoms in total. The molecule has 0 aromatic heterocycles. The summed E-state index contributed by atoms with van der Waals surface area (Å²) in [6, 6.07) is 6.19. The molecule has 162 valence electrons. The van der Waals surface area contributed by atoms with Crippen molar-refractivity contribution in [2.45, 2.75) is 33.6 Å². The molecule has 30 heavy (non-hydrogen) atoms. The number of ketones is 2. The van der Waals surface area contributed by atoms with Gasteiger partial charge in [-0.25, -0.2) is 0 Å². The average Bonchev–Trinajstić information content (AvgIpc) is 2.93. The van der Waals surface area contributed by atoms with Gasteiger partial charge < -0.3 is 10.1 Å². The minimum Gasteiger partial charge on any atom is -0.457 e. The second-order valence-electron chi connectivity index (χ2n) is 7.94. The third kappa shape index (κ3) is 6.20. The molecule has 1 aliphatic rings. The van der Waals surface area contributed by atoms with Crippen LogP contribution in [0.15, 0.2) is 24.3 Å². The number of nitrogens with zero attached hydrogens (tertiary/aromatic N) is 1. The molecular weight excluding hydrogens is 392 g/mol. The van der Waals surface area contributed by atoms with Crippen LogP contribution in [0.5, 0.6) is 0 Å². The van der Waals surface area contributed by atoms with Crippen LogP contribution in [0.2, 0.25) is 0 Å². The standard InChI is InChI=1S/C21H26N2O7/c1-12(2)21(27)22-15-6-4-14(5-7-15)19(25)11-30-20(26)9-16-17(10-23(28)29)13(3)8-18(16)24/h4-7,12-13,16-17H,8-11H2,1-3H3,(H,22,27)/t13-,16+,17-/m1/s1. The van der Waals surface area contributed by atoms with E-state index in [2.05, 4.69) is 5.32 Å². The molecule has 0 radical (unpaired) electrons. The molecule has 3 atom stereocenters. The highest BCUT2D eigenvalue weighted by Crippen LogP contribution is 2.36. The molecule has 0 heterocycles. The van der Waals surface area contributed by atoms with Gasteiger partial charge in [-0.2, -0.15) is 0 Å². The fraction of sp³-hybridized carbons (Fsp3) is 0.524. The maximum Gasteiger partial charge on any atom is 0.306 e. The van der Waals surface area contributed by atoms with Gasteiger partial charge >= 0.3 is 5.97 Å². The van der Waals surface area contributed by atoms with Crippen LogP contribution in [0.1, 0.15) is 44.0 Å². The zero-order valence-corrected chi connectivity index (χ0v) is 17.3. The van der Waals surface area contributed by atoms with E-state index in [1.54, 1.807) is 32.9 Å². The van der Waals surface area contributed by atoms with Gasteiger partial charge in [0, 0.05) is 40.3 Å². The maximum absolute atomic E-state index is 12.2. The zero-order valence-electron chi connectivity index (χ0n) is 17.3. The number of esters is 1. The summed E-state index contributed by atoms with van der Waals surface area (Å²) in [6.07, 6.45) is -0.0653. The van der Waals surface area contributed by atoms with E-state index in [9.17, 15) is 29.3 Å². The number of nitro groups is 1. The summed E-state index contributed by atoms with van der Waals surface area (Å²) in [5.41, 5.74) is 0.857. The first kappa shape index (κ1) is 23.2. The fourth-order valence-corrected chi connectivity index (χ4v) is 3.49. The van der Waals surface area contributed by atoms with Crippen LogP contribution in [-0.2, 0) is 19.1 Å². The van der Waals surface area contributed by atoms with E-state index in [4.69, 9.17) is 4.74 Å². The van der Waals surface area contributed by atoms with Crippen LogP contribution in [0.4, 0.5) is 5.69 Å². The normalized spacial score (nSPS) is 20.8. The molecule has 0 bridgehead atoms. The van der Waals surface area contributed by atoms with Crippen LogP contribution in [0.25, 0.3) is 0 Å². The SMILES string of the molecule is CC(C)C(=O)Nc1ccc(C(=O)COC(=O)C[C@@H]2C(=O)C[C@@H](C)[C@H]2C[N+](=O)[O-])cc1. The monoisotopic (exact) mass is 418 g/mol. The van der Waals surface area contributed by atoms with Gasteiger partial charge in [-0.1, -0.05) is 20.8 Å². The topological polar surface area (TPSA) is 133 Å². The highest BCUT2D eigenvalue weighted by Gasteiger charge is 2.44. The minimum atomic E-state index is -0.753. The molecule has 0 aliphatic heterocycles. The lowest BCUT2D eigenvalue weighted by Crippen LogP contribution is -2.28. The number of Topliss-reactive ketones (excluding diaryl/α,β-unsaturated/α-hetero) is 2. The lowest BCUT2D eigenvalue weighted by atomic mass is 9.88. The van der Waals surface area contributed by atoms with E-state index in [0.29, 0.717) is 11.3 Å². The Bertz CT molecular complexity index is 832. The number of nitrogens with one attached hydrogen (secondary N) is 1. The van der Waals surface area contributed by atoms with Gasteiger partial charge in [-0.15, -0.1) is 0 Å². The molecular formula is C21H26N2O7. The third-order valence-corrected chi connectivity index (χ3v) is 5.29. The number of hydrogen-bond acceptors (Lipinski definition) is 7. The van der Waals surface area contributed by atoms with Crippen molar-refractivity contribution < 1.29 is 28.8 Å². The summed E-state index contributed by atoms with van der Waals surface area (Å²) in [5.74, 6) is -3.10. The van der Waals surface area contributed by atoms with E-state index >= 15 is 0 Å². The first-order chi connectivity index (χ1) is 14.1. The first-order valence-electron chi connectivity index (χ1n) is 9.82. The van der Waals surface area contributed by atoms with E-state index in [0.717, 1.165) is 0 Å². The Morgan fingerprint density at radius 1 is 1.23 bits per heavy atom. The molecule has 0 saturated heterocycles. The van der Waals surface area contributed by atoms with E-state index in [1.165, 1.54) is 12.1 Å². The molecule has 1 saturated carbocycles. The molecule has 1 fully saturated rings. The first-order valence-corrected chi connectivity index (χ1v) is 9.82. The summed E-state index contributed by atoms with van der Waals surface area (Å²) in [5, 5.41) is 13.5. The van der Waals surface area contributed by atoms with Crippen molar-refractivity contribution in [3.05, 3.63) is 39.9 Å². The zero-order chi connectivity index (χ0) is 22.4. The number of amides is 1. The second-order valence-corrected chi connectivity index (χ2v) is 7.94. The highest BCUT2D eigenvalue weighted by atomic mass is 16.6. The average molecular weight is 418 g/mol. The van der Waals surface area contributed by atoms with Crippen LogP contribution in [0.3, 0.4) is 0 Å². The van der Waals surface area contributed by atoms with Gasteiger partial charge in [0.25, 0.3) is 0 Å². The fourth-order valence-electron chi connectivity index (χ4n) is 3.49.